The Morgan fingerprint density at radius 2 is 2.00 bits per heavy atom. The Kier molecular flexibility index (Phi) is 5.05. The standard InChI is InChI=1S/C14H17N5O2S/c1-9(12(20)18-13(21)16-2)22-14-17-11(8-19(14)15)10-6-4-3-5-7-10/h3-9H,15H2,1-2H3,(H2,16,18,20,21)/t9-/m0/s1. The zero-order valence-corrected chi connectivity index (χ0v) is 13.1. The fourth-order valence-corrected chi connectivity index (χ4v) is 2.51. The van der Waals surface area contributed by atoms with Crippen molar-refractivity contribution in [1.82, 2.24) is 20.3 Å². The Labute approximate surface area is 132 Å². The third-order valence-electron chi connectivity index (χ3n) is 2.88. The zero-order chi connectivity index (χ0) is 16.1. The molecule has 22 heavy (non-hydrogen) atoms. The first kappa shape index (κ1) is 15.9. The molecule has 2 rings (SSSR count). The monoisotopic (exact) mass is 319 g/mol. The Morgan fingerprint density at radius 1 is 1.32 bits per heavy atom. The SMILES string of the molecule is CNC(=O)NC(=O)[C@H](C)Sc1nc(-c2ccccc2)cn1N. The number of rotatable bonds is 4. The topological polar surface area (TPSA) is 102 Å². The number of aromatic nitrogens is 2. The quantitative estimate of drug-likeness (QED) is 0.580. The number of hydrogen-bond acceptors (Lipinski definition) is 5. The van der Waals surface area contributed by atoms with Crippen LogP contribution in [0.1, 0.15) is 6.92 Å². The summed E-state index contributed by atoms with van der Waals surface area (Å²) in [5.74, 6) is 5.47. The summed E-state index contributed by atoms with van der Waals surface area (Å²) in [6.07, 6.45) is 1.70. The molecule has 0 aliphatic carbocycles. The van der Waals surface area contributed by atoms with Crippen LogP contribution in [0.3, 0.4) is 0 Å². The second-order valence-electron chi connectivity index (χ2n) is 4.51. The average Bonchev–Trinajstić information content (AvgIpc) is 2.89. The summed E-state index contributed by atoms with van der Waals surface area (Å²) in [5.41, 5.74) is 1.67. The van der Waals surface area contributed by atoms with Gasteiger partial charge in [-0.15, -0.1) is 0 Å². The molecule has 8 heteroatoms. The molecular weight excluding hydrogens is 302 g/mol. The molecule has 1 aromatic heterocycles. The molecule has 0 unspecified atom stereocenters. The fraction of sp³-hybridized carbons (Fsp3) is 0.214. The summed E-state index contributed by atoms with van der Waals surface area (Å²) < 4.78 is 1.37. The summed E-state index contributed by atoms with van der Waals surface area (Å²) in [4.78, 5) is 27.4. The number of carbonyl (C=O) groups is 2. The predicted molar refractivity (Wildman–Crippen MR) is 85.7 cm³/mol. The number of benzene rings is 1. The summed E-state index contributed by atoms with van der Waals surface area (Å²) in [5, 5.41) is 4.54. The van der Waals surface area contributed by atoms with Crippen molar-refractivity contribution in [1.29, 1.82) is 0 Å². The highest BCUT2D eigenvalue weighted by Crippen LogP contribution is 2.25. The number of imide groups is 1. The van der Waals surface area contributed by atoms with Crippen LogP contribution in [0.4, 0.5) is 4.79 Å². The number of nitrogens with zero attached hydrogens (tertiary/aromatic N) is 2. The zero-order valence-electron chi connectivity index (χ0n) is 12.2. The van der Waals surface area contributed by atoms with Crippen molar-refractivity contribution in [2.75, 3.05) is 12.9 Å². The van der Waals surface area contributed by atoms with E-state index in [2.05, 4.69) is 15.6 Å². The van der Waals surface area contributed by atoms with Crippen LogP contribution in [0, 0.1) is 0 Å². The highest BCUT2D eigenvalue weighted by molar-refractivity contribution is 8.00. The van der Waals surface area contributed by atoms with Gasteiger partial charge in [0, 0.05) is 12.6 Å². The number of urea groups is 1. The first-order valence-electron chi connectivity index (χ1n) is 6.60. The molecule has 1 atom stereocenters. The van der Waals surface area contributed by atoms with Gasteiger partial charge in [-0.3, -0.25) is 10.1 Å². The van der Waals surface area contributed by atoms with Gasteiger partial charge in [-0.05, 0) is 6.92 Å². The average molecular weight is 319 g/mol. The second kappa shape index (κ2) is 6.99. The van der Waals surface area contributed by atoms with Gasteiger partial charge in [0.25, 0.3) is 0 Å². The van der Waals surface area contributed by atoms with Crippen LogP contribution >= 0.6 is 11.8 Å². The summed E-state index contributed by atoms with van der Waals surface area (Å²) >= 11 is 1.18. The Balaban J connectivity index is 2.09. The molecule has 0 saturated heterocycles. The van der Waals surface area contributed by atoms with Gasteiger partial charge in [0.05, 0.1) is 17.1 Å². The minimum Gasteiger partial charge on any atom is -0.341 e. The second-order valence-corrected chi connectivity index (χ2v) is 5.82. The lowest BCUT2D eigenvalue weighted by atomic mass is 10.2. The molecule has 0 saturated carbocycles. The number of amides is 3. The maximum absolute atomic E-state index is 11.8. The van der Waals surface area contributed by atoms with Gasteiger partial charge in [-0.25, -0.2) is 14.5 Å². The molecule has 3 amide bonds. The van der Waals surface area contributed by atoms with E-state index in [1.165, 1.54) is 23.5 Å². The molecule has 0 bridgehead atoms. The summed E-state index contributed by atoms with van der Waals surface area (Å²) in [7, 11) is 1.44. The minimum atomic E-state index is -0.543. The van der Waals surface area contributed by atoms with Crippen molar-refractivity contribution in [3.8, 4) is 11.3 Å². The number of thioether (sulfide) groups is 1. The number of carbonyl (C=O) groups excluding carboxylic acids is 2. The summed E-state index contributed by atoms with van der Waals surface area (Å²) in [6.45, 7) is 1.68. The molecule has 0 radical (unpaired) electrons. The van der Waals surface area contributed by atoms with Crippen molar-refractivity contribution >= 4 is 23.7 Å². The van der Waals surface area contributed by atoms with Crippen LogP contribution in [0.25, 0.3) is 11.3 Å². The normalized spacial score (nSPS) is 11.7. The number of nitrogens with one attached hydrogen (secondary N) is 2. The van der Waals surface area contributed by atoms with E-state index < -0.39 is 17.2 Å². The van der Waals surface area contributed by atoms with Crippen LogP contribution in [0.5, 0.6) is 0 Å². The van der Waals surface area contributed by atoms with Gasteiger partial charge < -0.3 is 11.2 Å². The highest BCUT2D eigenvalue weighted by atomic mass is 32.2. The Bertz CT molecular complexity index is 671. The van der Waals surface area contributed by atoms with Crippen molar-refractivity contribution in [2.45, 2.75) is 17.3 Å². The molecule has 7 nitrogen and oxygen atoms in total. The predicted octanol–water partition coefficient (Wildman–Crippen LogP) is 1.20. The molecule has 0 spiro atoms. The molecule has 2 aromatic rings. The van der Waals surface area contributed by atoms with Crippen LogP contribution in [-0.2, 0) is 4.79 Å². The molecule has 0 aliphatic heterocycles. The summed E-state index contributed by atoms with van der Waals surface area (Å²) in [6, 6.07) is 9.06. The Morgan fingerprint density at radius 3 is 2.64 bits per heavy atom. The third-order valence-corrected chi connectivity index (χ3v) is 3.96. The fourth-order valence-electron chi connectivity index (χ4n) is 1.70. The highest BCUT2D eigenvalue weighted by Gasteiger charge is 2.19. The molecular formula is C14H17N5O2S. The van der Waals surface area contributed by atoms with Crippen molar-refractivity contribution < 1.29 is 9.59 Å². The van der Waals surface area contributed by atoms with E-state index in [4.69, 9.17) is 5.84 Å². The molecule has 0 fully saturated rings. The van der Waals surface area contributed by atoms with Crippen molar-refractivity contribution in [3.63, 3.8) is 0 Å². The number of nitrogen functional groups attached to an aromatic ring is 1. The van der Waals surface area contributed by atoms with E-state index >= 15 is 0 Å². The molecule has 116 valence electrons. The van der Waals surface area contributed by atoms with E-state index in [1.807, 2.05) is 30.3 Å². The van der Waals surface area contributed by atoms with E-state index in [9.17, 15) is 9.59 Å². The largest absolute Gasteiger partial charge is 0.341 e. The number of hydrogen-bond donors (Lipinski definition) is 3. The first-order chi connectivity index (χ1) is 10.5. The molecule has 1 heterocycles. The van der Waals surface area contributed by atoms with E-state index in [-0.39, 0.29) is 0 Å². The van der Waals surface area contributed by atoms with Crippen molar-refractivity contribution in [3.05, 3.63) is 36.5 Å². The lowest BCUT2D eigenvalue weighted by Gasteiger charge is -2.10. The number of nitrogens with two attached hydrogens (primary N) is 1. The lowest BCUT2D eigenvalue weighted by Crippen LogP contribution is -2.41. The van der Waals surface area contributed by atoms with E-state index in [0.29, 0.717) is 5.16 Å². The van der Waals surface area contributed by atoms with Crippen molar-refractivity contribution in [2.24, 2.45) is 0 Å². The van der Waals surface area contributed by atoms with Crippen LogP contribution in [0.15, 0.2) is 41.7 Å². The first-order valence-corrected chi connectivity index (χ1v) is 7.48. The van der Waals surface area contributed by atoms with Gasteiger partial charge in [-0.1, -0.05) is 42.1 Å². The maximum Gasteiger partial charge on any atom is 0.321 e. The van der Waals surface area contributed by atoms with E-state index in [1.54, 1.807) is 13.1 Å². The smallest absolute Gasteiger partial charge is 0.321 e. The van der Waals surface area contributed by atoms with Crippen LogP contribution in [0.2, 0.25) is 0 Å². The van der Waals surface area contributed by atoms with Crippen LogP contribution < -0.4 is 16.5 Å². The maximum atomic E-state index is 11.8. The van der Waals surface area contributed by atoms with Crippen LogP contribution in [-0.4, -0.2) is 33.9 Å². The molecule has 0 aliphatic rings. The van der Waals surface area contributed by atoms with Gasteiger partial charge in [0.15, 0.2) is 5.16 Å². The number of imidazole rings is 1. The van der Waals surface area contributed by atoms with Gasteiger partial charge in [0.1, 0.15) is 0 Å². The van der Waals surface area contributed by atoms with Gasteiger partial charge in [-0.2, -0.15) is 0 Å². The van der Waals surface area contributed by atoms with Gasteiger partial charge >= 0.3 is 6.03 Å². The third kappa shape index (κ3) is 3.79. The minimum absolute atomic E-state index is 0.409. The molecule has 4 N–H and O–H groups in total. The van der Waals surface area contributed by atoms with Gasteiger partial charge in [0.2, 0.25) is 5.91 Å². The Hall–Kier alpha value is -2.48. The van der Waals surface area contributed by atoms with E-state index in [0.717, 1.165) is 11.3 Å². The molecule has 1 aromatic carbocycles. The lowest BCUT2D eigenvalue weighted by molar-refractivity contribution is -0.119.